The quantitative estimate of drug-likeness (QED) is 0.700. The Morgan fingerprint density at radius 1 is 1.10 bits per heavy atom. The minimum atomic E-state index is -4.75. The van der Waals surface area contributed by atoms with E-state index in [1.165, 1.54) is 18.2 Å². The fourth-order valence-corrected chi connectivity index (χ4v) is 3.39. The molecule has 2 N–H and O–H groups in total. The largest absolute Gasteiger partial charge is 0.573 e. The van der Waals surface area contributed by atoms with E-state index in [1.54, 1.807) is 35.2 Å². The lowest BCUT2D eigenvalue weighted by atomic mass is 9.99. The highest BCUT2D eigenvalue weighted by Crippen LogP contribution is 2.29. The van der Waals surface area contributed by atoms with Crippen molar-refractivity contribution in [3.05, 3.63) is 65.9 Å². The molecule has 2 heterocycles. The second-order valence-electron chi connectivity index (χ2n) is 6.79. The Hall–Kier alpha value is -3.62. The molecule has 6 nitrogen and oxygen atoms in total. The molecule has 2 aromatic carbocycles. The number of hydrogen-bond donors (Lipinski definition) is 1. The van der Waals surface area contributed by atoms with Crippen molar-refractivity contribution >= 4 is 28.1 Å². The third-order valence-electron chi connectivity index (χ3n) is 4.84. The van der Waals surface area contributed by atoms with E-state index >= 15 is 0 Å². The molecule has 0 saturated carbocycles. The summed E-state index contributed by atoms with van der Waals surface area (Å²) in [6.45, 7) is 0.662. The van der Waals surface area contributed by atoms with E-state index in [1.807, 2.05) is 6.07 Å². The molecule has 1 aliphatic rings. The van der Waals surface area contributed by atoms with Crippen molar-refractivity contribution in [2.75, 3.05) is 18.8 Å². The number of rotatable bonds is 3. The predicted octanol–water partition coefficient (Wildman–Crippen LogP) is 4.04. The zero-order valence-electron chi connectivity index (χ0n) is 15.7. The SMILES string of the molecule is Nc1c(C(=O)N2CC=C(c3cccc(OC(F)(F)F)c3)CC2)nnc2ccccc12. The number of anilines is 1. The molecule has 1 aromatic heterocycles. The van der Waals surface area contributed by atoms with Gasteiger partial charge in [-0.25, -0.2) is 0 Å². The average molecular weight is 414 g/mol. The molecule has 0 saturated heterocycles. The normalized spacial score (nSPS) is 14.5. The van der Waals surface area contributed by atoms with Crippen molar-refractivity contribution in [2.45, 2.75) is 12.8 Å². The number of carbonyl (C=O) groups is 1. The summed E-state index contributed by atoms with van der Waals surface area (Å²) in [7, 11) is 0. The van der Waals surface area contributed by atoms with Gasteiger partial charge in [0.2, 0.25) is 0 Å². The van der Waals surface area contributed by atoms with Gasteiger partial charge in [0.05, 0.1) is 11.2 Å². The van der Waals surface area contributed by atoms with Crippen LogP contribution < -0.4 is 10.5 Å². The van der Waals surface area contributed by atoms with Crippen LogP contribution in [0.5, 0.6) is 5.75 Å². The van der Waals surface area contributed by atoms with Gasteiger partial charge in [-0.2, -0.15) is 0 Å². The van der Waals surface area contributed by atoms with Crippen LogP contribution in [0.15, 0.2) is 54.6 Å². The summed E-state index contributed by atoms with van der Waals surface area (Å²) in [5.41, 5.74) is 8.57. The summed E-state index contributed by atoms with van der Waals surface area (Å²) < 4.78 is 41.3. The van der Waals surface area contributed by atoms with Crippen molar-refractivity contribution in [3.63, 3.8) is 0 Å². The first-order chi connectivity index (χ1) is 14.3. The highest BCUT2D eigenvalue weighted by atomic mass is 19.4. The lowest BCUT2D eigenvalue weighted by Crippen LogP contribution is -2.35. The first-order valence-corrected chi connectivity index (χ1v) is 9.17. The van der Waals surface area contributed by atoms with Gasteiger partial charge in [0.15, 0.2) is 5.69 Å². The Balaban J connectivity index is 1.52. The number of fused-ring (bicyclic) bond motifs is 1. The molecule has 0 atom stereocenters. The minimum Gasteiger partial charge on any atom is -0.406 e. The monoisotopic (exact) mass is 414 g/mol. The predicted molar refractivity (Wildman–Crippen MR) is 106 cm³/mol. The van der Waals surface area contributed by atoms with E-state index in [0.717, 1.165) is 5.57 Å². The van der Waals surface area contributed by atoms with Crippen LogP contribution in [-0.2, 0) is 0 Å². The third-order valence-corrected chi connectivity index (χ3v) is 4.84. The van der Waals surface area contributed by atoms with E-state index in [9.17, 15) is 18.0 Å². The molecule has 0 unspecified atom stereocenters. The Labute approximate surface area is 169 Å². The zero-order chi connectivity index (χ0) is 21.3. The Morgan fingerprint density at radius 3 is 2.63 bits per heavy atom. The van der Waals surface area contributed by atoms with Gasteiger partial charge < -0.3 is 15.4 Å². The number of hydrogen-bond acceptors (Lipinski definition) is 5. The molecule has 0 spiro atoms. The van der Waals surface area contributed by atoms with E-state index in [2.05, 4.69) is 14.9 Å². The Morgan fingerprint density at radius 2 is 1.90 bits per heavy atom. The van der Waals surface area contributed by atoms with E-state index < -0.39 is 6.36 Å². The fraction of sp³-hybridized carbons (Fsp3) is 0.190. The number of nitrogens with two attached hydrogens (primary N) is 1. The number of halogens is 3. The number of alkyl halides is 3. The van der Waals surface area contributed by atoms with Crippen LogP contribution in [0.4, 0.5) is 18.9 Å². The maximum absolute atomic E-state index is 12.9. The van der Waals surface area contributed by atoms with Gasteiger partial charge in [0, 0.05) is 18.5 Å². The van der Waals surface area contributed by atoms with Crippen LogP contribution >= 0.6 is 0 Å². The first-order valence-electron chi connectivity index (χ1n) is 9.17. The maximum atomic E-state index is 12.9. The molecule has 1 amide bonds. The molecule has 0 fully saturated rings. The van der Waals surface area contributed by atoms with Crippen LogP contribution in [-0.4, -0.2) is 40.5 Å². The highest BCUT2D eigenvalue weighted by Gasteiger charge is 2.31. The molecular weight excluding hydrogens is 397 g/mol. The van der Waals surface area contributed by atoms with Gasteiger partial charge in [0.1, 0.15) is 5.75 Å². The molecule has 30 heavy (non-hydrogen) atoms. The number of benzene rings is 2. The second kappa shape index (κ2) is 7.66. The minimum absolute atomic E-state index is 0.0890. The Bertz CT molecular complexity index is 1140. The lowest BCUT2D eigenvalue weighted by Gasteiger charge is -2.27. The number of aromatic nitrogens is 2. The van der Waals surface area contributed by atoms with Gasteiger partial charge in [-0.3, -0.25) is 4.79 Å². The number of ether oxygens (including phenoxy) is 1. The summed E-state index contributed by atoms with van der Waals surface area (Å²) in [6.07, 6.45) is -2.47. The van der Waals surface area contributed by atoms with Crippen LogP contribution in [0.1, 0.15) is 22.5 Å². The smallest absolute Gasteiger partial charge is 0.406 e. The van der Waals surface area contributed by atoms with Crippen LogP contribution in [0, 0.1) is 0 Å². The van der Waals surface area contributed by atoms with Gasteiger partial charge >= 0.3 is 6.36 Å². The summed E-state index contributed by atoms with van der Waals surface area (Å²) in [5, 5.41) is 8.71. The molecule has 3 aromatic rings. The van der Waals surface area contributed by atoms with Crippen molar-refractivity contribution in [1.82, 2.24) is 15.1 Å². The van der Waals surface area contributed by atoms with Crippen LogP contribution in [0.3, 0.4) is 0 Å². The molecule has 4 rings (SSSR count). The van der Waals surface area contributed by atoms with E-state index in [0.29, 0.717) is 29.4 Å². The van der Waals surface area contributed by atoms with Crippen LogP contribution in [0.2, 0.25) is 0 Å². The molecule has 1 aliphatic heterocycles. The highest BCUT2D eigenvalue weighted by molar-refractivity contribution is 6.04. The maximum Gasteiger partial charge on any atom is 0.573 e. The number of nitrogen functional groups attached to an aromatic ring is 1. The van der Waals surface area contributed by atoms with Gasteiger partial charge in [-0.1, -0.05) is 36.4 Å². The standard InChI is InChI=1S/C21H17F3N4O2/c22-21(23,24)30-15-5-3-4-14(12-15)13-8-10-28(11-9-13)20(29)19-18(25)16-6-1-2-7-17(16)26-27-19/h1-8,12H,9-11H2,(H2,25,26). The van der Waals surface area contributed by atoms with Gasteiger partial charge in [-0.15, -0.1) is 23.4 Å². The van der Waals surface area contributed by atoms with Crippen molar-refractivity contribution in [3.8, 4) is 5.75 Å². The van der Waals surface area contributed by atoms with Crippen molar-refractivity contribution in [1.29, 1.82) is 0 Å². The summed E-state index contributed by atoms with van der Waals surface area (Å²) in [4.78, 5) is 14.5. The molecule has 0 aliphatic carbocycles. The van der Waals surface area contributed by atoms with Crippen molar-refractivity contribution in [2.24, 2.45) is 0 Å². The van der Waals surface area contributed by atoms with Crippen LogP contribution in [0.25, 0.3) is 16.5 Å². The summed E-state index contributed by atoms with van der Waals surface area (Å²) >= 11 is 0. The summed E-state index contributed by atoms with van der Waals surface area (Å²) in [6, 6.07) is 12.9. The number of carbonyl (C=O) groups excluding carboxylic acids is 1. The first kappa shape index (κ1) is 19.7. The topological polar surface area (TPSA) is 81.3 Å². The zero-order valence-corrected chi connectivity index (χ0v) is 15.7. The number of nitrogens with zero attached hydrogens (tertiary/aromatic N) is 3. The van der Waals surface area contributed by atoms with E-state index in [4.69, 9.17) is 5.73 Å². The molecule has 9 heteroatoms. The number of amides is 1. The second-order valence-corrected chi connectivity index (χ2v) is 6.79. The average Bonchev–Trinajstić information content (AvgIpc) is 2.73. The Kier molecular flexibility index (Phi) is 5.03. The lowest BCUT2D eigenvalue weighted by molar-refractivity contribution is -0.274. The van der Waals surface area contributed by atoms with Gasteiger partial charge in [0.25, 0.3) is 5.91 Å². The fourth-order valence-electron chi connectivity index (χ4n) is 3.39. The summed E-state index contributed by atoms with van der Waals surface area (Å²) in [5.74, 6) is -0.617. The van der Waals surface area contributed by atoms with E-state index in [-0.39, 0.29) is 29.6 Å². The molecular formula is C21H17F3N4O2. The van der Waals surface area contributed by atoms with Gasteiger partial charge in [-0.05, 0) is 35.8 Å². The molecule has 154 valence electrons. The molecule has 0 bridgehead atoms. The van der Waals surface area contributed by atoms with Crippen molar-refractivity contribution < 1.29 is 22.7 Å². The third kappa shape index (κ3) is 4.05. The molecule has 0 radical (unpaired) electrons.